The fourth-order valence-electron chi connectivity index (χ4n) is 4.22. The number of halogens is 1. The highest BCUT2D eigenvalue weighted by Crippen LogP contribution is 2.44. The van der Waals surface area contributed by atoms with Crippen LogP contribution < -0.4 is 9.64 Å². The molecule has 1 aliphatic rings. The van der Waals surface area contributed by atoms with E-state index in [0.717, 1.165) is 5.56 Å². The van der Waals surface area contributed by atoms with Crippen LogP contribution in [0.25, 0.3) is 5.76 Å². The zero-order valence-electron chi connectivity index (χ0n) is 19.9. The maximum absolute atomic E-state index is 13.6. The molecule has 0 bridgehead atoms. The monoisotopic (exact) mass is 475 g/mol. The van der Waals surface area contributed by atoms with Crippen molar-refractivity contribution in [3.63, 3.8) is 0 Å². The topological polar surface area (TPSA) is 87.1 Å². The van der Waals surface area contributed by atoms with Gasteiger partial charge in [0.2, 0.25) is 0 Å². The molecule has 180 valence electrons. The number of aliphatic hydroxyl groups is 1. The summed E-state index contributed by atoms with van der Waals surface area (Å²) in [6.45, 7) is 6.04. The highest BCUT2D eigenvalue weighted by Gasteiger charge is 2.47. The van der Waals surface area contributed by atoms with Gasteiger partial charge in [-0.25, -0.2) is 4.39 Å². The molecule has 0 aromatic heterocycles. The largest absolute Gasteiger partial charge is 0.508 e. The molecule has 7 heteroatoms. The second-order valence-corrected chi connectivity index (χ2v) is 9.41. The van der Waals surface area contributed by atoms with E-state index in [1.54, 1.807) is 24.3 Å². The summed E-state index contributed by atoms with van der Waals surface area (Å²) >= 11 is 0. The second kappa shape index (κ2) is 8.91. The highest BCUT2D eigenvalue weighted by atomic mass is 19.1. The first-order valence-electron chi connectivity index (χ1n) is 11.1. The average molecular weight is 476 g/mol. The van der Waals surface area contributed by atoms with E-state index in [-0.39, 0.29) is 28.0 Å². The summed E-state index contributed by atoms with van der Waals surface area (Å²) in [5.74, 6) is -2.41. The van der Waals surface area contributed by atoms with Crippen LogP contribution in [0, 0.1) is 5.82 Å². The Morgan fingerprint density at radius 1 is 1.00 bits per heavy atom. The van der Waals surface area contributed by atoms with Crippen LogP contribution in [-0.4, -0.2) is 29.0 Å². The van der Waals surface area contributed by atoms with E-state index in [1.165, 1.54) is 48.4 Å². The number of amides is 1. The molecule has 1 fully saturated rings. The van der Waals surface area contributed by atoms with Crippen LogP contribution in [0.4, 0.5) is 10.1 Å². The van der Waals surface area contributed by atoms with Gasteiger partial charge in [-0.3, -0.25) is 14.5 Å². The van der Waals surface area contributed by atoms with Gasteiger partial charge in [0.1, 0.15) is 23.1 Å². The third-order valence-electron chi connectivity index (χ3n) is 6.06. The van der Waals surface area contributed by atoms with Crippen molar-refractivity contribution in [2.75, 3.05) is 12.0 Å². The number of benzene rings is 3. The number of hydrogen-bond acceptors (Lipinski definition) is 5. The van der Waals surface area contributed by atoms with E-state index < -0.39 is 29.3 Å². The third-order valence-corrected chi connectivity index (χ3v) is 6.06. The highest BCUT2D eigenvalue weighted by molar-refractivity contribution is 6.51. The molecule has 3 aromatic carbocycles. The molecule has 2 N–H and O–H groups in total. The van der Waals surface area contributed by atoms with E-state index in [9.17, 15) is 24.2 Å². The van der Waals surface area contributed by atoms with Gasteiger partial charge < -0.3 is 14.9 Å². The van der Waals surface area contributed by atoms with Crippen molar-refractivity contribution in [1.82, 2.24) is 0 Å². The normalized spacial score (nSPS) is 17.6. The number of carbonyl (C=O) groups is 2. The van der Waals surface area contributed by atoms with E-state index in [4.69, 9.17) is 4.74 Å². The van der Waals surface area contributed by atoms with E-state index in [2.05, 4.69) is 0 Å². The molecular weight excluding hydrogens is 449 g/mol. The Hall–Kier alpha value is -4.13. The van der Waals surface area contributed by atoms with Crippen molar-refractivity contribution in [3.8, 4) is 11.5 Å². The predicted octanol–water partition coefficient (Wildman–Crippen LogP) is 5.46. The van der Waals surface area contributed by atoms with Gasteiger partial charge in [-0.1, -0.05) is 39.0 Å². The summed E-state index contributed by atoms with van der Waals surface area (Å²) in [5, 5.41) is 21.6. The predicted molar refractivity (Wildman–Crippen MR) is 131 cm³/mol. The number of phenolic OH excluding ortho intramolecular Hbond substituents is 1. The number of hydrogen-bond donors (Lipinski definition) is 2. The minimum Gasteiger partial charge on any atom is -0.508 e. The van der Waals surface area contributed by atoms with E-state index in [1.807, 2.05) is 26.8 Å². The quantitative estimate of drug-likeness (QED) is 0.297. The fourth-order valence-corrected chi connectivity index (χ4v) is 4.22. The molecule has 0 radical (unpaired) electrons. The standard InChI is InChI=1S/C28H26FNO5/c1-28(2,3)17-8-13-22(35-4)21(15-17)25(32)23-24(16-6-5-7-20(31)14-16)30(27(34)26(23)33)19-11-9-18(29)10-12-19/h5-15,24,31-32H,1-4H3/b25-23+. The molecule has 1 aliphatic heterocycles. The number of rotatable bonds is 4. The van der Waals surface area contributed by atoms with Crippen molar-refractivity contribution in [3.05, 3.63) is 94.8 Å². The van der Waals surface area contributed by atoms with Gasteiger partial charge in [-0.2, -0.15) is 0 Å². The van der Waals surface area contributed by atoms with Crippen LogP contribution in [0.5, 0.6) is 11.5 Å². The Balaban J connectivity index is 2.00. The lowest BCUT2D eigenvalue weighted by atomic mass is 9.85. The van der Waals surface area contributed by atoms with Crippen LogP contribution in [-0.2, 0) is 15.0 Å². The van der Waals surface area contributed by atoms with Gasteiger partial charge in [0, 0.05) is 5.69 Å². The van der Waals surface area contributed by atoms with Crippen LogP contribution >= 0.6 is 0 Å². The maximum atomic E-state index is 13.6. The van der Waals surface area contributed by atoms with Crippen molar-refractivity contribution < 1.29 is 28.9 Å². The number of aromatic hydroxyl groups is 1. The summed E-state index contributed by atoms with van der Waals surface area (Å²) in [7, 11) is 1.45. The summed E-state index contributed by atoms with van der Waals surface area (Å²) < 4.78 is 19.1. The lowest BCUT2D eigenvalue weighted by Crippen LogP contribution is -2.29. The molecule has 3 aromatic rings. The number of carbonyl (C=O) groups excluding carboxylic acids is 2. The van der Waals surface area contributed by atoms with Gasteiger partial charge in [-0.05, 0) is 65.1 Å². The van der Waals surface area contributed by atoms with Gasteiger partial charge in [0.05, 0.1) is 24.3 Å². The average Bonchev–Trinajstić information content (AvgIpc) is 3.08. The van der Waals surface area contributed by atoms with E-state index >= 15 is 0 Å². The summed E-state index contributed by atoms with van der Waals surface area (Å²) in [6, 6.07) is 15.5. The number of phenols is 1. The first-order chi connectivity index (χ1) is 16.5. The number of ketones is 1. The molecule has 4 rings (SSSR count). The molecular formula is C28H26FNO5. The van der Waals surface area contributed by atoms with Gasteiger partial charge in [-0.15, -0.1) is 0 Å². The summed E-state index contributed by atoms with van der Waals surface area (Å²) in [4.78, 5) is 27.8. The lowest BCUT2D eigenvalue weighted by molar-refractivity contribution is -0.132. The van der Waals surface area contributed by atoms with Crippen LogP contribution in [0.3, 0.4) is 0 Å². The molecule has 6 nitrogen and oxygen atoms in total. The minimum atomic E-state index is -1.06. The molecule has 0 saturated carbocycles. The number of Topliss-reactive ketones (excluding diaryl/α,β-unsaturated/α-hetero) is 1. The van der Waals surface area contributed by atoms with Crippen LogP contribution in [0.2, 0.25) is 0 Å². The molecule has 0 aliphatic carbocycles. The van der Waals surface area contributed by atoms with Crippen LogP contribution in [0.15, 0.2) is 72.3 Å². The number of methoxy groups -OCH3 is 1. The Morgan fingerprint density at radius 3 is 2.29 bits per heavy atom. The lowest BCUT2D eigenvalue weighted by Gasteiger charge is -2.26. The first-order valence-corrected chi connectivity index (χ1v) is 11.1. The fraction of sp³-hybridized carbons (Fsp3) is 0.214. The third kappa shape index (κ3) is 4.37. The van der Waals surface area contributed by atoms with Crippen molar-refractivity contribution in [1.29, 1.82) is 0 Å². The number of anilines is 1. The maximum Gasteiger partial charge on any atom is 0.300 e. The van der Waals surface area contributed by atoms with Crippen molar-refractivity contribution >= 4 is 23.1 Å². The first kappa shape index (κ1) is 24.0. The van der Waals surface area contributed by atoms with E-state index in [0.29, 0.717) is 11.3 Å². The number of ether oxygens (including phenoxy) is 1. The van der Waals surface area contributed by atoms with Crippen molar-refractivity contribution in [2.45, 2.75) is 32.2 Å². The Kier molecular flexibility index (Phi) is 6.11. The SMILES string of the molecule is COc1ccc(C(C)(C)C)cc1/C(O)=C1\C(=O)C(=O)N(c2ccc(F)cc2)C1c1cccc(O)c1. The van der Waals surface area contributed by atoms with Gasteiger partial charge >= 0.3 is 0 Å². The Labute approximate surface area is 202 Å². The number of aliphatic hydroxyl groups excluding tert-OH is 1. The summed E-state index contributed by atoms with van der Waals surface area (Å²) in [6.07, 6.45) is 0. The molecule has 1 heterocycles. The number of nitrogens with zero attached hydrogens (tertiary/aromatic N) is 1. The Bertz CT molecular complexity index is 1340. The van der Waals surface area contributed by atoms with Gasteiger partial charge in [0.25, 0.3) is 11.7 Å². The molecule has 1 atom stereocenters. The summed E-state index contributed by atoms with van der Waals surface area (Å²) in [5.41, 5.74) is 1.42. The molecule has 1 saturated heterocycles. The van der Waals surface area contributed by atoms with Gasteiger partial charge in [0.15, 0.2) is 0 Å². The molecule has 35 heavy (non-hydrogen) atoms. The minimum absolute atomic E-state index is 0.0699. The zero-order valence-corrected chi connectivity index (χ0v) is 19.9. The Morgan fingerprint density at radius 2 is 1.69 bits per heavy atom. The molecule has 1 amide bonds. The molecule has 0 spiro atoms. The zero-order chi connectivity index (χ0) is 25.5. The van der Waals surface area contributed by atoms with Crippen LogP contribution in [0.1, 0.15) is 43.5 Å². The second-order valence-electron chi connectivity index (χ2n) is 9.41. The molecule has 1 unspecified atom stereocenters. The smallest absolute Gasteiger partial charge is 0.300 e. The van der Waals surface area contributed by atoms with Crippen molar-refractivity contribution in [2.24, 2.45) is 0 Å².